The molecule has 17 rings (SSSR count). The highest BCUT2D eigenvalue weighted by molar-refractivity contribution is 7.90. The van der Waals surface area contributed by atoms with Gasteiger partial charge in [-0.15, -0.1) is 0 Å². The summed E-state index contributed by atoms with van der Waals surface area (Å²) in [4.78, 5) is 101. The number of hydrogen-bond donors (Lipinski definition) is 8. The second-order valence-corrected chi connectivity index (χ2v) is 45.0. The van der Waals surface area contributed by atoms with E-state index in [0.717, 1.165) is 106 Å². The van der Waals surface area contributed by atoms with Crippen molar-refractivity contribution in [3.05, 3.63) is 204 Å². The van der Waals surface area contributed by atoms with Crippen molar-refractivity contribution < 1.29 is 67.1 Å². The van der Waals surface area contributed by atoms with Crippen molar-refractivity contribution in [1.82, 2.24) is 73.9 Å². The van der Waals surface area contributed by atoms with E-state index in [0.29, 0.717) is 88.7 Å². The average molecular weight is 2000 g/mol. The Morgan fingerprint density at radius 2 is 0.929 bits per heavy atom. The summed E-state index contributed by atoms with van der Waals surface area (Å²) in [6, 6.07) is 45.0. The molecule has 6 fully saturated rings. The molecule has 5 atom stereocenters. The number of hydrogen-bond acceptors (Lipinski definition) is 32. The van der Waals surface area contributed by atoms with Crippen molar-refractivity contribution in [2.45, 2.75) is 248 Å². The van der Waals surface area contributed by atoms with E-state index in [-0.39, 0.29) is 107 Å². The fourth-order valence-corrected chi connectivity index (χ4v) is 22.1. The molecule has 11 N–H and O–H groups in total. The van der Waals surface area contributed by atoms with Gasteiger partial charge in [0, 0.05) is 90.4 Å². The Kier molecular flexibility index (Phi) is 32.0. The highest BCUT2D eigenvalue weighted by Gasteiger charge is 2.47. The first-order valence-electron chi connectivity index (χ1n) is 47.5. The number of H-pyrrole nitrogens is 1. The second-order valence-electron chi connectivity index (χ2n) is 38.4. The standard InChI is InChI=1S/C26H30N6O4S.C26H32N6O4S.C25H31N5O4S.C23H31N5O3S/c1-17(2)36-22-10-7-18(15-28-22)20-9-8-19(24(29-20)32-14-4-11-26(16-32)12-13-26)25(33)31-37(34,35)23-6-3-5-21(27)30-23;1-16(2)36-22-10-6-8-19(28-22)20-13-12-18(24(29-20)32-15-17(3)14-26(32,4)5)25(33)31-37(34,35)23-11-7-9-21(27)30-23;1-16(2)15-34-20-7-5-6-19(14-20)22-11-10-21(24(27-22)30-17(3)8-9-18(30)4)25(31)29-35(32,33)23-12-13-26-28-23;1-15-11-12-16(2)28(15)22-18(13-14-19(25-22)17-7-4-3-5-8-17)23(29)27-32(30,31)21-10-6-9-20(24)26-21/h3,5-10,15,17H,4,11-14,16H2,1-2H3,(H2,27,30)(H,31,33);6-13,16-17H,14-15H2,1-5H3,(H2,27,30)(H,31,33);5-7,10-14,16-18H,8-9,15H2,1-4H3,(H,26,28)(H,29,31);6,9-10,13-17H,3-5,7-8,11-12H2,1-2H3,(H2,24,26)(H,27,29)/t;;17-,18+;15-,16+. The van der Waals surface area contributed by atoms with Crippen LogP contribution in [-0.2, 0) is 40.1 Å². The van der Waals surface area contributed by atoms with E-state index in [1.807, 2.05) is 76.2 Å². The predicted molar refractivity (Wildman–Crippen MR) is 539 cm³/mol. The molecule has 4 amide bonds. The van der Waals surface area contributed by atoms with Crippen LogP contribution in [0.3, 0.4) is 0 Å². The van der Waals surface area contributed by atoms with Crippen LogP contribution in [0, 0.1) is 17.3 Å². The molecule has 37 nitrogen and oxygen atoms in total. The minimum absolute atomic E-state index is 0.00789. The van der Waals surface area contributed by atoms with Gasteiger partial charge in [-0.3, -0.25) is 24.3 Å². The van der Waals surface area contributed by atoms with Gasteiger partial charge in [0.15, 0.2) is 20.1 Å². The van der Waals surface area contributed by atoms with Crippen LogP contribution in [-0.4, -0.2) is 181 Å². The highest BCUT2D eigenvalue weighted by Crippen LogP contribution is 2.53. The van der Waals surface area contributed by atoms with Crippen molar-refractivity contribution in [3.63, 3.8) is 0 Å². The zero-order valence-electron chi connectivity index (χ0n) is 81.4. The summed E-state index contributed by atoms with van der Waals surface area (Å²) in [6.45, 7) is 29.4. The van der Waals surface area contributed by atoms with Crippen LogP contribution in [0.5, 0.6) is 17.5 Å². The van der Waals surface area contributed by atoms with Crippen molar-refractivity contribution in [2.75, 3.05) is 63.0 Å². The van der Waals surface area contributed by atoms with Crippen LogP contribution in [0.15, 0.2) is 196 Å². The van der Waals surface area contributed by atoms with Gasteiger partial charge in [-0.25, -0.2) is 63.7 Å². The van der Waals surface area contributed by atoms with E-state index in [2.05, 4.69) is 136 Å². The highest BCUT2D eigenvalue weighted by atomic mass is 32.2. The number of nitrogen functional groups attached to an aromatic ring is 3. The number of carbonyl (C=O) groups excluding carboxylic acids is 4. The summed E-state index contributed by atoms with van der Waals surface area (Å²) in [5.41, 5.74) is 22.7. The summed E-state index contributed by atoms with van der Waals surface area (Å²) >= 11 is 0. The number of sulfonamides is 4. The third kappa shape index (κ3) is 25.6. The van der Waals surface area contributed by atoms with Crippen LogP contribution in [0.1, 0.15) is 233 Å². The van der Waals surface area contributed by atoms with Gasteiger partial charge in [-0.05, 0) is 272 Å². The lowest BCUT2D eigenvalue weighted by Gasteiger charge is -2.35. The van der Waals surface area contributed by atoms with Gasteiger partial charge in [0.05, 0.1) is 70.0 Å². The van der Waals surface area contributed by atoms with Crippen LogP contribution >= 0.6 is 0 Å². The van der Waals surface area contributed by atoms with Gasteiger partial charge in [-0.1, -0.05) is 76.4 Å². The zero-order valence-corrected chi connectivity index (χ0v) is 84.7. The molecule has 10 aromatic heterocycles. The van der Waals surface area contributed by atoms with E-state index >= 15 is 0 Å². The number of nitrogens with two attached hydrogens (primary N) is 3. The number of rotatable bonds is 27. The molecular weight excluding hydrogens is 1880 g/mol. The molecule has 0 bridgehead atoms. The largest absolute Gasteiger partial charge is 0.493 e. The van der Waals surface area contributed by atoms with Gasteiger partial charge in [0.25, 0.3) is 63.7 Å². The summed E-state index contributed by atoms with van der Waals surface area (Å²) < 4.78 is 128. The minimum Gasteiger partial charge on any atom is -0.493 e. The lowest BCUT2D eigenvalue weighted by molar-refractivity contribution is 0.0972. The molecule has 11 aromatic rings. The molecule has 4 saturated heterocycles. The monoisotopic (exact) mass is 2000 g/mol. The van der Waals surface area contributed by atoms with E-state index in [9.17, 15) is 52.8 Å². The molecule has 14 heterocycles. The Morgan fingerprint density at radius 3 is 1.42 bits per heavy atom. The van der Waals surface area contributed by atoms with Gasteiger partial charge >= 0.3 is 0 Å². The number of carbonyl (C=O) groups is 4. The number of aromatic amines is 1. The zero-order chi connectivity index (χ0) is 101. The quantitative estimate of drug-likeness (QED) is 0.0237. The van der Waals surface area contributed by atoms with Crippen LogP contribution in [0.25, 0.3) is 33.9 Å². The molecule has 1 unspecified atom stereocenters. The Morgan fingerprint density at radius 1 is 0.461 bits per heavy atom. The van der Waals surface area contributed by atoms with Crippen molar-refractivity contribution >= 4 is 104 Å². The van der Waals surface area contributed by atoms with Gasteiger partial charge in [-0.2, -0.15) is 38.8 Å². The molecule has 141 heavy (non-hydrogen) atoms. The van der Waals surface area contributed by atoms with Crippen molar-refractivity contribution in [3.8, 4) is 51.4 Å². The van der Waals surface area contributed by atoms with E-state index < -0.39 is 63.7 Å². The number of nitrogens with zero attached hydrogens (tertiary/aromatic N) is 14. The molecular formula is C100H124N22O15S4. The molecule has 0 radical (unpaired) electrons. The first-order valence-corrected chi connectivity index (χ1v) is 53.4. The fraction of sp³-hybridized carbons (Fsp3) is 0.420. The lowest BCUT2D eigenvalue weighted by atomic mass is 9.86. The lowest BCUT2D eigenvalue weighted by Crippen LogP contribution is -2.41. The van der Waals surface area contributed by atoms with Gasteiger partial charge in [0.2, 0.25) is 11.8 Å². The number of ether oxygens (including phenoxy) is 3. The van der Waals surface area contributed by atoms with Crippen molar-refractivity contribution in [1.29, 1.82) is 0 Å². The molecule has 2 aliphatic carbocycles. The predicted octanol–water partition coefficient (Wildman–Crippen LogP) is 14.7. The molecule has 1 spiro atoms. The third-order valence-corrected chi connectivity index (χ3v) is 30.3. The minimum atomic E-state index is -4.26. The van der Waals surface area contributed by atoms with Crippen LogP contribution < -0.4 is 69.9 Å². The molecule has 4 aliphatic heterocycles. The van der Waals surface area contributed by atoms with E-state index in [4.69, 9.17) is 51.3 Å². The molecule has 748 valence electrons. The Balaban J connectivity index is 0.000000150. The number of amides is 4. The Bertz CT molecular complexity index is 6830. The summed E-state index contributed by atoms with van der Waals surface area (Å²) in [7, 11) is -16.7. The number of pyridine rings is 9. The number of anilines is 7. The fourth-order valence-electron chi connectivity index (χ4n) is 18.4. The van der Waals surface area contributed by atoms with Crippen molar-refractivity contribution in [2.24, 2.45) is 17.3 Å². The average Bonchev–Trinajstić information content (AvgIpc) is 1.65. The number of aromatic nitrogens is 11. The van der Waals surface area contributed by atoms with Crippen LogP contribution in [0.2, 0.25) is 0 Å². The molecule has 41 heteroatoms. The maximum absolute atomic E-state index is 13.4. The van der Waals surface area contributed by atoms with Crippen LogP contribution in [0.4, 0.5) is 40.7 Å². The molecule has 2 saturated carbocycles. The summed E-state index contributed by atoms with van der Waals surface area (Å²) in [6.07, 6.45) is 18.0. The Labute approximate surface area is 823 Å². The molecule has 6 aliphatic rings. The maximum atomic E-state index is 13.4. The number of piperidine rings is 1. The summed E-state index contributed by atoms with van der Waals surface area (Å²) in [5, 5.41) is 4.90. The first-order chi connectivity index (χ1) is 66.9. The van der Waals surface area contributed by atoms with Gasteiger partial charge < -0.3 is 51.0 Å². The molecule has 1 aromatic carbocycles. The summed E-state index contributed by atoms with van der Waals surface area (Å²) in [5.74, 6) is 1.86. The SMILES string of the molecule is CC(C)COc1cccc(-c2ccc(C(=O)NS(=O)(=O)c3ccn[nH]3)c(N3[C@H](C)CC[C@@H]3C)n2)c1.CC(C)Oc1ccc(-c2ccc(C(=O)NS(=O)(=O)c3cccc(N)n3)c(N3CCCC4(CC4)C3)n2)cn1.CC1CN(c2nc(-c3cccc(OC(C)C)n3)ccc2C(=O)NS(=O)(=O)c2cccc(N)n2)C(C)(C)C1.C[C@@H]1CC[C@H](C)N1c1nc(C2CCCCC2)ccc1C(=O)NS(=O)(=O)c1cccc(N)n1. The Hall–Kier alpha value is -13.5. The number of benzene rings is 1. The maximum Gasteiger partial charge on any atom is 0.281 e. The van der Waals surface area contributed by atoms with E-state index in [1.54, 1.807) is 60.8 Å². The smallest absolute Gasteiger partial charge is 0.281 e. The second kappa shape index (κ2) is 43.7. The van der Waals surface area contributed by atoms with E-state index in [1.165, 1.54) is 86.1 Å². The van der Waals surface area contributed by atoms with Gasteiger partial charge in [0.1, 0.15) is 46.5 Å². The third-order valence-electron chi connectivity index (χ3n) is 25.3. The topological polar surface area (TPSA) is 516 Å². The normalized spacial score (nSPS) is 18.4. The first kappa shape index (κ1) is 103. The number of nitrogens with one attached hydrogen (secondary N) is 5.